The fourth-order valence-corrected chi connectivity index (χ4v) is 4.35. The van der Waals surface area contributed by atoms with Crippen LogP contribution in [0.4, 0.5) is 0 Å². The van der Waals surface area contributed by atoms with E-state index in [1.807, 2.05) is 0 Å². The molecule has 2 N–H and O–H groups in total. The van der Waals surface area contributed by atoms with Crippen molar-refractivity contribution in [3.8, 4) is 0 Å². The maximum atomic E-state index is 5.83. The van der Waals surface area contributed by atoms with E-state index >= 15 is 0 Å². The minimum absolute atomic E-state index is 0.261. The zero-order valence-corrected chi connectivity index (χ0v) is 11.0. The van der Waals surface area contributed by atoms with Gasteiger partial charge in [0, 0.05) is 26.2 Å². The Morgan fingerprint density at radius 1 is 1.24 bits per heavy atom. The summed E-state index contributed by atoms with van der Waals surface area (Å²) in [5.41, 5.74) is 5.74. The van der Waals surface area contributed by atoms with Gasteiger partial charge >= 0.3 is 0 Å². The number of rotatable bonds is 3. The van der Waals surface area contributed by atoms with Gasteiger partial charge in [-0.05, 0) is 43.9 Å². The van der Waals surface area contributed by atoms with Crippen molar-refractivity contribution in [2.24, 2.45) is 23.5 Å². The highest BCUT2D eigenvalue weighted by molar-refractivity contribution is 4.92. The first-order valence-electron chi connectivity index (χ1n) is 7.32. The first-order valence-corrected chi connectivity index (χ1v) is 7.32. The van der Waals surface area contributed by atoms with Crippen LogP contribution in [0.5, 0.6) is 0 Å². The van der Waals surface area contributed by atoms with Gasteiger partial charge in [-0.25, -0.2) is 0 Å². The second kappa shape index (κ2) is 4.87. The summed E-state index contributed by atoms with van der Waals surface area (Å²) in [6.07, 6.45) is 6.63. The van der Waals surface area contributed by atoms with Gasteiger partial charge < -0.3 is 10.5 Å². The van der Waals surface area contributed by atoms with E-state index in [0.717, 1.165) is 30.8 Å². The summed E-state index contributed by atoms with van der Waals surface area (Å²) in [5, 5.41) is 0. The molecular formula is C14H26N2O. The normalized spacial score (nSPS) is 46.6. The Morgan fingerprint density at radius 3 is 2.76 bits per heavy atom. The Bertz CT molecular complexity index is 271. The molecule has 2 bridgehead atoms. The van der Waals surface area contributed by atoms with Crippen molar-refractivity contribution >= 4 is 0 Å². The number of nitrogens with two attached hydrogens (primary N) is 1. The van der Waals surface area contributed by atoms with Crippen LogP contribution in [-0.4, -0.2) is 43.3 Å². The Kier molecular flexibility index (Phi) is 3.42. The molecule has 0 aromatic heterocycles. The molecule has 0 radical (unpaired) electrons. The van der Waals surface area contributed by atoms with Crippen LogP contribution in [0.25, 0.3) is 0 Å². The van der Waals surface area contributed by atoms with Gasteiger partial charge in [-0.15, -0.1) is 0 Å². The van der Waals surface area contributed by atoms with Gasteiger partial charge in [0.05, 0.1) is 12.2 Å². The Morgan fingerprint density at radius 2 is 2.12 bits per heavy atom. The number of nitrogens with zero attached hydrogens (tertiary/aromatic N) is 1. The van der Waals surface area contributed by atoms with Crippen molar-refractivity contribution in [3.63, 3.8) is 0 Å². The Balaban J connectivity index is 1.54. The average Bonchev–Trinajstić information content (AvgIpc) is 2.90. The number of hydrogen-bond donors (Lipinski definition) is 1. The zero-order chi connectivity index (χ0) is 11.8. The predicted molar refractivity (Wildman–Crippen MR) is 68.8 cm³/mol. The second-order valence-corrected chi connectivity index (χ2v) is 6.46. The van der Waals surface area contributed by atoms with Crippen LogP contribution in [0.3, 0.4) is 0 Å². The van der Waals surface area contributed by atoms with E-state index in [2.05, 4.69) is 11.8 Å². The average molecular weight is 238 g/mol. The smallest absolute Gasteiger partial charge is 0.0828 e. The maximum absolute atomic E-state index is 5.83. The molecule has 98 valence electrons. The molecule has 3 fully saturated rings. The minimum atomic E-state index is 0.261. The standard InChI is InChI=1S/C14H26N2O/c1-10-7-16(9-14(6-15)17-10)8-13-5-11-2-3-12(13)4-11/h10-14H,2-9,15H2,1H3. The lowest BCUT2D eigenvalue weighted by Gasteiger charge is -2.38. The van der Waals surface area contributed by atoms with E-state index in [0.29, 0.717) is 12.6 Å². The van der Waals surface area contributed by atoms with Crippen molar-refractivity contribution in [1.29, 1.82) is 0 Å². The highest BCUT2D eigenvalue weighted by Gasteiger charge is 2.40. The van der Waals surface area contributed by atoms with Crippen LogP contribution in [0, 0.1) is 17.8 Å². The quantitative estimate of drug-likeness (QED) is 0.809. The summed E-state index contributed by atoms with van der Waals surface area (Å²) in [6.45, 7) is 6.29. The van der Waals surface area contributed by atoms with Crippen molar-refractivity contribution in [2.45, 2.75) is 44.8 Å². The molecule has 5 atom stereocenters. The number of hydrogen-bond acceptors (Lipinski definition) is 3. The molecule has 2 aliphatic carbocycles. The summed E-state index contributed by atoms with van der Waals surface area (Å²) in [5.74, 6) is 3.07. The van der Waals surface area contributed by atoms with Crippen LogP contribution in [0.1, 0.15) is 32.6 Å². The molecule has 0 spiro atoms. The number of fused-ring (bicyclic) bond motifs is 2. The van der Waals surface area contributed by atoms with Gasteiger partial charge in [0.15, 0.2) is 0 Å². The third kappa shape index (κ3) is 2.51. The van der Waals surface area contributed by atoms with Crippen molar-refractivity contribution in [1.82, 2.24) is 4.90 Å². The first-order chi connectivity index (χ1) is 8.24. The molecule has 3 nitrogen and oxygen atoms in total. The largest absolute Gasteiger partial charge is 0.371 e. The zero-order valence-electron chi connectivity index (χ0n) is 11.0. The predicted octanol–water partition coefficient (Wildman–Crippen LogP) is 1.47. The Hall–Kier alpha value is -0.120. The molecule has 1 saturated heterocycles. The fraction of sp³-hybridized carbons (Fsp3) is 1.00. The minimum Gasteiger partial charge on any atom is -0.371 e. The van der Waals surface area contributed by atoms with E-state index < -0.39 is 0 Å². The number of ether oxygens (including phenoxy) is 1. The van der Waals surface area contributed by atoms with Gasteiger partial charge in [-0.1, -0.05) is 6.42 Å². The third-order valence-electron chi connectivity index (χ3n) is 5.04. The SMILES string of the molecule is CC1CN(CC2CC3CCC2C3)CC(CN)O1. The van der Waals surface area contributed by atoms with Gasteiger partial charge in [-0.2, -0.15) is 0 Å². The van der Waals surface area contributed by atoms with Crippen LogP contribution < -0.4 is 5.73 Å². The summed E-state index contributed by atoms with van der Waals surface area (Å²) < 4.78 is 5.83. The highest BCUT2D eigenvalue weighted by atomic mass is 16.5. The van der Waals surface area contributed by atoms with Crippen molar-refractivity contribution in [3.05, 3.63) is 0 Å². The van der Waals surface area contributed by atoms with Gasteiger partial charge in [0.25, 0.3) is 0 Å². The highest BCUT2D eigenvalue weighted by Crippen LogP contribution is 2.48. The molecule has 3 aliphatic rings. The van der Waals surface area contributed by atoms with Gasteiger partial charge in [0.1, 0.15) is 0 Å². The van der Waals surface area contributed by atoms with Crippen LogP contribution in [0.2, 0.25) is 0 Å². The molecule has 1 aliphatic heterocycles. The molecule has 3 heteroatoms. The van der Waals surface area contributed by atoms with E-state index in [-0.39, 0.29) is 6.10 Å². The number of morpholine rings is 1. The lowest BCUT2D eigenvalue weighted by molar-refractivity contribution is -0.0769. The Labute approximate surface area is 105 Å². The summed E-state index contributed by atoms with van der Waals surface area (Å²) in [7, 11) is 0. The lowest BCUT2D eigenvalue weighted by atomic mass is 9.88. The lowest BCUT2D eigenvalue weighted by Crippen LogP contribution is -2.50. The molecule has 0 amide bonds. The van der Waals surface area contributed by atoms with Crippen molar-refractivity contribution < 1.29 is 4.74 Å². The molecule has 2 saturated carbocycles. The van der Waals surface area contributed by atoms with E-state index in [4.69, 9.17) is 10.5 Å². The van der Waals surface area contributed by atoms with Crippen LogP contribution in [0.15, 0.2) is 0 Å². The van der Waals surface area contributed by atoms with E-state index in [1.54, 1.807) is 0 Å². The monoisotopic (exact) mass is 238 g/mol. The topological polar surface area (TPSA) is 38.5 Å². The van der Waals surface area contributed by atoms with Crippen LogP contribution >= 0.6 is 0 Å². The van der Waals surface area contributed by atoms with Crippen molar-refractivity contribution in [2.75, 3.05) is 26.2 Å². The molecule has 1 heterocycles. The van der Waals surface area contributed by atoms with Gasteiger partial charge in [-0.3, -0.25) is 4.90 Å². The van der Waals surface area contributed by atoms with E-state index in [1.165, 1.54) is 32.2 Å². The molecular weight excluding hydrogens is 212 g/mol. The molecule has 5 unspecified atom stereocenters. The fourth-order valence-electron chi connectivity index (χ4n) is 4.35. The van der Waals surface area contributed by atoms with Gasteiger partial charge in [0.2, 0.25) is 0 Å². The third-order valence-corrected chi connectivity index (χ3v) is 5.04. The van der Waals surface area contributed by atoms with Crippen LogP contribution in [-0.2, 0) is 4.74 Å². The summed E-state index contributed by atoms with van der Waals surface area (Å²) in [6, 6.07) is 0. The molecule has 3 rings (SSSR count). The molecule has 0 aromatic rings. The summed E-state index contributed by atoms with van der Waals surface area (Å²) >= 11 is 0. The maximum Gasteiger partial charge on any atom is 0.0828 e. The van der Waals surface area contributed by atoms with E-state index in [9.17, 15) is 0 Å². The second-order valence-electron chi connectivity index (χ2n) is 6.46. The first kappa shape index (κ1) is 11.9. The molecule has 0 aromatic carbocycles. The summed E-state index contributed by atoms with van der Waals surface area (Å²) in [4.78, 5) is 2.61. The molecule has 17 heavy (non-hydrogen) atoms.